The number of carbonyl (C=O) groups is 1. The van der Waals surface area contributed by atoms with Gasteiger partial charge in [0, 0.05) is 12.1 Å². The molecule has 0 saturated heterocycles. The normalized spacial score (nSPS) is 24.1. The van der Waals surface area contributed by atoms with Gasteiger partial charge in [-0.05, 0) is 38.7 Å². The van der Waals surface area contributed by atoms with Crippen molar-refractivity contribution in [2.45, 2.75) is 45.2 Å². The second kappa shape index (κ2) is 6.71. The van der Waals surface area contributed by atoms with Crippen LogP contribution in [0.1, 0.15) is 44.7 Å². The molecule has 1 N–H and O–H groups in total. The number of rotatable bonds is 5. The summed E-state index contributed by atoms with van der Waals surface area (Å²) in [5.41, 5.74) is 1.29. The number of hydrogen-bond acceptors (Lipinski definition) is 3. The van der Waals surface area contributed by atoms with Crippen molar-refractivity contribution in [3.8, 4) is 0 Å². The summed E-state index contributed by atoms with van der Waals surface area (Å²) in [6.07, 6.45) is 2.90. The van der Waals surface area contributed by atoms with Crippen molar-refractivity contribution in [1.82, 2.24) is 5.32 Å². The zero-order valence-corrected chi connectivity index (χ0v) is 11.8. The van der Waals surface area contributed by atoms with Gasteiger partial charge in [0.25, 0.3) is 0 Å². The number of ether oxygens (including phenoxy) is 1. The largest absolute Gasteiger partial charge is 0.466 e. The highest BCUT2D eigenvalue weighted by Gasteiger charge is 2.31. The highest BCUT2D eigenvalue weighted by atomic mass is 16.5. The molecule has 0 heterocycles. The van der Waals surface area contributed by atoms with Gasteiger partial charge < -0.3 is 10.1 Å². The third-order valence-electron chi connectivity index (χ3n) is 3.84. The molecule has 1 aliphatic rings. The van der Waals surface area contributed by atoms with E-state index in [1.165, 1.54) is 5.56 Å². The van der Waals surface area contributed by atoms with Crippen molar-refractivity contribution in [2.24, 2.45) is 5.92 Å². The molecule has 3 nitrogen and oxygen atoms in total. The van der Waals surface area contributed by atoms with Crippen molar-refractivity contribution in [3.63, 3.8) is 0 Å². The van der Waals surface area contributed by atoms with Crippen molar-refractivity contribution < 1.29 is 9.53 Å². The molecule has 1 aromatic carbocycles. The molecule has 2 rings (SSSR count). The van der Waals surface area contributed by atoms with Gasteiger partial charge in [0.2, 0.25) is 0 Å². The van der Waals surface area contributed by atoms with Crippen LogP contribution in [-0.2, 0) is 9.53 Å². The molecule has 0 spiro atoms. The molecule has 1 saturated carbocycles. The quantitative estimate of drug-likeness (QED) is 0.828. The first-order chi connectivity index (χ1) is 9.20. The minimum atomic E-state index is -0.0286. The van der Waals surface area contributed by atoms with Crippen LogP contribution in [0.3, 0.4) is 0 Å². The molecule has 1 fully saturated rings. The third-order valence-corrected chi connectivity index (χ3v) is 3.84. The Morgan fingerprint density at radius 3 is 2.79 bits per heavy atom. The van der Waals surface area contributed by atoms with Gasteiger partial charge in [-0.3, -0.25) is 4.79 Å². The summed E-state index contributed by atoms with van der Waals surface area (Å²) in [5, 5.41) is 3.61. The standard InChI is InChI=1S/C16H23NO2/c1-3-19-16(18)14-9-10-15(11-14)17-12(2)13-7-5-4-6-8-13/h4-8,12,14-15,17H,3,9-11H2,1-2H3/t12-,14-,15+/m1/s1. The van der Waals surface area contributed by atoms with E-state index in [0.29, 0.717) is 18.7 Å². The molecule has 19 heavy (non-hydrogen) atoms. The molecule has 0 aromatic heterocycles. The first kappa shape index (κ1) is 14.1. The highest BCUT2D eigenvalue weighted by molar-refractivity contribution is 5.72. The van der Waals surface area contributed by atoms with Crippen LogP contribution < -0.4 is 5.32 Å². The van der Waals surface area contributed by atoms with Gasteiger partial charge in [-0.15, -0.1) is 0 Å². The van der Waals surface area contributed by atoms with Gasteiger partial charge >= 0.3 is 5.97 Å². The Hall–Kier alpha value is -1.35. The molecule has 0 amide bonds. The molecule has 3 atom stereocenters. The molecule has 0 radical (unpaired) electrons. The van der Waals surface area contributed by atoms with Crippen molar-refractivity contribution >= 4 is 5.97 Å². The van der Waals surface area contributed by atoms with Gasteiger partial charge in [-0.2, -0.15) is 0 Å². The van der Waals surface area contributed by atoms with Crippen molar-refractivity contribution in [1.29, 1.82) is 0 Å². The summed E-state index contributed by atoms with van der Waals surface area (Å²) >= 11 is 0. The van der Waals surface area contributed by atoms with Crippen LogP contribution in [0.4, 0.5) is 0 Å². The van der Waals surface area contributed by atoms with Crippen LogP contribution in [0.2, 0.25) is 0 Å². The summed E-state index contributed by atoms with van der Waals surface area (Å²) in [6.45, 7) is 4.51. The molecule has 3 heteroatoms. The topological polar surface area (TPSA) is 38.3 Å². The molecule has 0 aliphatic heterocycles. The molecule has 0 unspecified atom stereocenters. The Morgan fingerprint density at radius 1 is 1.37 bits per heavy atom. The highest BCUT2D eigenvalue weighted by Crippen LogP contribution is 2.28. The summed E-state index contributed by atoms with van der Waals surface area (Å²) in [6, 6.07) is 11.2. The van der Waals surface area contributed by atoms with Crippen LogP contribution in [0.15, 0.2) is 30.3 Å². The van der Waals surface area contributed by atoms with E-state index < -0.39 is 0 Å². The summed E-state index contributed by atoms with van der Waals surface area (Å²) in [7, 11) is 0. The fraction of sp³-hybridized carbons (Fsp3) is 0.562. The lowest BCUT2D eigenvalue weighted by molar-refractivity contribution is -0.147. The van der Waals surface area contributed by atoms with Crippen molar-refractivity contribution in [2.75, 3.05) is 6.61 Å². The lowest BCUT2D eigenvalue weighted by Gasteiger charge is -2.20. The number of esters is 1. The minimum Gasteiger partial charge on any atom is -0.466 e. The smallest absolute Gasteiger partial charge is 0.308 e. The maximum Gasteiger partial charge on any atom is 0.308 e. The summed E-state index contributed by atoms with van der Waals surface area (Å²) in [4.78, 5) is 11.7. The number of hydrogen-bond donors (Lipinski definition) is 1. The average molecular weight is 261 g/mol. The van der Waals surface area contributed by atoms with E-state index in [2.05, 4.69) is 36.5 Å². The van der Waals surface area contributed by atoms with Crippen molar-refractivity contribution in [3.05, 3.63) is 35.9 Å². The summed E-state index contributed by atoms with van der Waals surface area (Å²) < 4.78 is 5.10. The molecule has 0 bridgehead atoms. The molecule has 1 aromatic rings. The predicted molar refractivity (Wildman–Crippen MR) is 75.8 cm³/mol. The second-order valence-corrected chi connectivity index (χ2v) is 5.26. The van der Waals surface area contributed by atoms with Crippen LogP contribution in [0.5, 0.6) is 0 Å². The lowest BCUT2D eigenvalue weighted by atomic mass is 10.1. The van der Waals surface area contributed by atoms with Gasteiger partial charge in [0.1, 0.15) is 0 Å². The summed E-state index contributed by atoms with van der Waals surface area (Å²) in [5.74, 6) is 0.0552. The van der Waals surface area contributed by atoms with E-state index in [-0.39, 0.29) is 11.9 Å². The second-order valence-electron chi connectivity index (χ2n) is 5.26. The Balaban J connectivity index is 1.83. The molecule has 104 valence electrons. The fourth-order valence-electron chi connectivity index (χ4n) is 2.80. The van der Waals surface area contributed by atoms with E-state index >= 15 is 0 Å². The number of nitrogens with one attached hydrogen (secondary N) is 1. The fourth-order valence-corrected chi connectivity index (χ4v) is 2.80. The number of benzene rings is 1. The Morgan fingerprint density at radius 2 is 2.11 bits per heavy atom. The average Bonchev–Trinajstić information content (AvgIpc) is 2.88. The van der Waals surface area contributed by atoms with Gasteiger partial charge in [-0.1, -0.05) is 30.3 Å². The first-order valence-corrected chi connectivity index (χ1v) is 7.18. The monoisotopic (exact) mass is 261 g/mol. The van der Waals surface area contributed by atoms with Gasteiger partial charge in [0.05, 0.1) is 12.5 Å². The third kappa shape index (κ3) is 3.80. The Labute approximate surface area is 115 Å². The Bertz CT molecular complexity index is 404. The van der Waals surface area contributed by atoms with Gasteiger partial charge in [-0.25, -0.2) is 0 Å². The molecule has 1 aliphatic carbocycles. The van der Waals surface area contributed by atoms with E-state index in [9.17, 15) is 4.79 Å². The van der Waals surface area contributed by atoms with E-state index in [4.69, 9.17) is 4.74 Å². The van der Waals surface area contributed by atoms with Crippen LogP contribution >= 0.6 is 0 Å². The maximum atomic E-state index is 11.7. The Kier molecular flexibility index (Phi) is 4.97. The molecular formula is C16H23NO2. The number of carbonyl (C=O) groups excluding carboxylic acids is 1. The predicted octanol–water partition coefficient (Wildman–Crippen LogP) is 3.07. The first-order valence-electron chi connectivity index (χ1n) is 7.18. The van der Waals surface area contributed by atoms with Crippen LogP contribution in [0.25, 0.3) is 0 Å². The SMILES string of the molecule is CCOC(=O)[C@@H]1CC[C@H](N[C@H](C)c2ccccc2)C1. The van der Waals surface area contributed by atoms with Gasteiger partial charge in [0.15, 0.2) is 0 Å². The van der Waals surface area contributed by atoms with Crippen LogP contribution in [-0.4, -0.2) is 18.6 Å². The van der Waals surface area contributed by atoms with E-state index in [1.807, 2.05) is 13.0 Å². The van der Waals surface area contributed by atoms with Crippen LogP contribution in [0, 0.1) is 5.92 Å². The maximum absolute atomic E-state index is 11.7. The zero-order chi connectivity index (χ0) is 13.7. The van der Waals surface area contributed by atoms with E-state index in [1.54, 1.807) is 0 Å². The zero-order valence-electron chi connectivity index (χ0n) is 11.8. The lowest BCUT2D eigenvalue weighted by Crippen LogP contribution is -2.30. The van der Waals surface area contributed by atoms with E-state index in [0.717, 1.165) is 19.3 Å². The minimum absolute atomic E-state index is 0.0286. The molecular weight excluding hydrogens is 238 g/mol.